The Morgan fingerprint density at radius 1 is 1.59 bits per heavy atom. The Kier molecular flexibility index (Phi) is 3.32. The highest BCUT2D eigenvalue weighted by Crippen LogP contribution is 2.32. The molecule has 0 amide bonds. The van der Waals surface area contributed by atoms with Crippen LogP contribution in [0.4, 0.5) is 11.6 Å². The van der Waals surface area contributed by atoms with Gasteiger partial charge in [0.1, 0.15) is 11.9 Å². The quantitative estimate of drug-likeness (QED) is 0.639. The Balaban J connectivity index is 2.43. The Morgan fingerprint density at radius 3 is 3.00 bits per heavy atom. The molecule has 90 valence electrons. The molecule has 1 aliphatic rings. The highest BCUT2D eigenvalue weighted by atomic mass is 16.6. The zero-order chi connectivity index (χ0) is 12.3. The molecular weight excluding hydrogens is 220 g/mol. The number of allylic oxidation sites excluding steroid dienone is 2. The van der Waals surface area contributed by atoms with Crippen LogP contribution in [0.3, 0.4) is 0 Å². The minimum absolute atomic E-state index is 0.0141. The summed E-state index contributed by atoms with van der Waals surface area (Å²) >= 11 is 0. The van der Waals surface area contributed by atoms with Crippen molar-refractivity contribution >= 4 is 17.2 Å². The van der Waals surface area contributed by atoms with Crippen LogP contribution in [0.1, 0.15) is 31.9 Å². The van der Waals surface area contributed by atoms with Crippen LogP contribution in [-0.2, 0) is 0 Å². The molecule has 6 nitrogen and oxygen atoms in total. The fraction of sp³-hybridized carbons (Fsp3) is 0.455. The fourth-order valence-electron chi connectivity index (χ4n) is 1.87. The van der Waals surface area contributed by atoms with E-state index in [1.807, 2.05) is 13.0 Å². The van der Waals surface area contributed by atoms with Crippen molar-refractivity contribution in [3.8, 4) is 0 Å². The SMILES string of the molecule is CCNc1ncc([N+](=O)[O-])c(C2=CCCC2)n1. The van der Waals surface area contributed by atoms with Crippen molar-refractivity contribution < 1.29 is 4.92 Å². The normalized spacial score (nSPS) is 14.5. The summed E-state index contributed by atoms with van der Waals surface area (Å²) in [7, 11) is 0. The molecule has 1 heterocycles. The van der Waals surface area contributed by atoms with E-state index in [9.17, 15) is 10.1 Å². The van der Waals surface area contributed by atoms with E-state index < -0.39 is 4.92 Å². The zero-order valence-corrected chi connectivity index (χ0v) is 9.64. The number of nitro groups is 1. The van der Waals surface area contributed by atoms with Gasteiger partial charge in [-0.3, -0.25) is 10.1 Å². The lowest BCUT2D eigenvalue weighted by atomic mass is 10.1. The third-order valence-corrected chi connectivity index (χ3v) is 2.65. The number of rotatable bonds is 4. The smallest absolute Gasteiger partial charge is 0.313 e. The molecule has 1 N–H and O–H groups in total. The second-order valence-electron chi connectivity index (χ2n) is 3.84. The molecule has 0 spiro atoms. The monoisotopic (exact) mass is 234 g/mol. The minimum atomic E-state index is -0.426. The topological polar surface area (TPSA) is 81.0 Å². The van der Waals surface area contributed by atoms with Crippen molar-refractivity contribution in [2.45, 2.75) is 26.2 Å². The van der Waals surface area contributed by atoms with E-state index in [0.717, 1.165) is 24.8 Å². The molecule has 0 radical (unpaired) electrons. The maximum Gasteiger partial charge on any atom is 0.313 e. The van der Waals surface area contributed by atoms with E-state index in [1.54, 1.807) is 0 Å². The first-order chi connectivity index (χ1) is 8.22. The third-order valence-electron chi connectivity index (χ3n) is 2.65. The molecule has 0 aliphatic heterocycles. The summed E-state index contributed by atoms with van der Waals surface area (Å²) in [5.41, 5.74) is 1.40. The number of hydrogen-bond acceptors (Lipinski definition) is 5. The summed E-state index contributed by atoms with van der Waals surface area (Å²) in [4.78, 5) is 18.7. The molecule has 0 atom stereocenters. The van der Waals surface area contributed by atoms with Crippen LogP contribution < -0.4 is 5.32 Å². The number of hydrogen-bond donors (Lipinski definition) is 1. The molecule has 0 saturated carbocycles. The van der Waals surface area contributed by atoms with Crippen molar-refractivity contribution in [1.29, 1.82) is 0 Å². The van der Waals surface area contributed by atoms with Crippen molar-refractivity contribution in [3.63, 3.8) is 0 Å². The Morgan fingerprint density at radius 2 is 2.41 bits per heavy atom. The standard InChI is InChI=1S/C11H14N4O2/c1-2-12-11-13-7-9(15(16)17)10(14-11)8-5-3-4-6-8/h5,7H,2-4,6H2,1H3,(H,12,13,14). The molecule has 0 saturated heterocycles. The first kappa shape index (κ1) is 11.5. The highest BCUT2D eigenvalue weighted by Gasteiger charge is 2.21. The Hall–Kier alpha value is -1.98. The lowest BCUT2D eigenvalue weighted by Crippen LogP contribution is -2.06. The predicted molar refractivity (Wildman–Crippen MR) is 64.7 cm³/mol. The molecule has 0 aromatic carbocycles. The van der Waals surface area contributed by atoms with Gasteiger partial charge in [0.15, 0.2) is 0 Å². The molecule has 0 unspecified atom stereocenters. The molecular formula is C11H14N4O2. The molecule has 0 fully saturated rings. The second kappa shape index (κ2) is 4.90. The molecule has 2 rings (SSSR count). The van der Waals surface area contributed by atoms with Gasteiger partial charge in [-0.25, -0.2) is 9.97 Å². The van der Waals surface area contributed by atoms with E-state index in [4.69, 9.17) is 0 Å². The van der Waals surface area contributed by atoms with Crippen LogP contribution in [0.15, 0.2) is 12.3 Å². The largest absolute Gasteiger partial charge is 0.354 e. The molecule has 1 aromatic heterocycles. The van der Waals surface area contributed by atoms with E-state index in [2.05, 4.69) is 15.3 Å². The van der Waals surface area contributed by atoms with Crippen LogP contribution in [0.5, 0.6) is 0 Å². The minimum Gasteiger partial charge on any atom is -0.354 e. The molecule has 0 bridgehead atoms. The summed E-state index contributed by atoms with van der Waals surface area (Å²) in [5, 5.41) is 13.9. The van der Waals surface area contributed by atoms with Gasteiger partial charge in [-0.2, -0.15) is 0 Å². The van der Waals surface area contributed by atoms with Gasteiger partial charge in [0.25, 0.3) is 0 Å². The van der Waals surface area contributed by atoms with Gasteiger partial charge in [-0.15, -0.1) is 0 Å². The molecule has 1 aliphatic carbocycles. The lowest BCUT2D eigenvalue weighted by Gasteiger charge is -2.06. The third kappa shape index (κ3) is 2.41. The lowest BCUT2D eigenvalue weighted by molar-refractivity contribution is -0.385. The van der Waals surface area contributed by atoms with Gasteiger partial charge in [0.05, 0.1) is 4.92 Å². The van der Waals surface area contributed by atoms with E-state index in [-0.39, 0.29) is 5.69 Å². The first-order valence-corrected chi connectivity index (χ1v) is 5.67. The van der Waals surface area contributed by atoms with Gasteiger partial charge in [0.2, 0.25) is 5.95 Å². The van der Waals surface area contributed by atoms with E-state index in [0.29, 0.717) is 18.2 Å². The molecule has 6 heteroatoms. The number of aromatic nitrogens is 2. The van der Waals surface area contributed by atoms with Crippen molar-refractivity contribution in [2.75, 3.05) is 11.9 Å². The number of nitrogens with zero attached hydrogens (tertiary/aromatic N) is 3. The van der Waals surface area contributed by atoms with Crippen LogP contribution in [0.25, 0.3) is 5.57 Å². The van der Waals surface area contributed by atoms with Crippen LogP contribution in [0.2, 0.25) is 0 Å². The van der Waals surface area contributed by atoms with Gasteiger partial charge in [-0.1, -0.05) is 6.08 Å². The predicted octanol–water partition coefficient (Wildman–Crippen LogP) is 2.38. The van der Waals surface area contributed by atoms with Crippen LogP contribution in [0, 0.1) is 10.1 Å². The number of anilines is 1. The van der Waals surface area contributed by atoms with Gasteiger partial charge < -0.3 is 5.32 Å². The zero-order valence-electron chi connectivity index (χ0n) is 9.64. The highest BCUT2D eigenvalue weighted by molar-refractivity contribution is 5.71. The molecule has 1 aromatic rings. The van der Waals surface area contributed by atoms with Crippen LogP contribution >= 0.6 is 0 Å². The Labute approximate surface area is 98.9 Å². The summed E-state index contributed by atoms with van der Waals surface area (Å²) < 4.78 is 0. The van der Waals surface area contributed by atoms with Crippen molar-refractivity contribution in [1.82, 2.24) is 9.97 Å². The van der Waals surface area contributed by atoms with Gasteiger partial charge >= 0.3 is 5.69 Å². The average molecular weight is 234 g/mol. The maximum atomic E-state index is 10.9. The summed E-state index contributed by atoms with van der Waals surface area (Å²) in [6.07, 6.45) is 6.15. The van der Waals surface area contributed by atoms with Crippen LogP contribution in [-0.4, -0.2) is 21.4 Å². The number of nitrogens with one attached hydrogen (secondary N) is 1. The first-order valence-electron chi connectivity index (χ1n) is 5.67. The summed E-state index contributed by atoms with van der Waals surface area (Å²) in [6, 6.07) is 0. The van der Waals surface area contributed by atoms with Crippen molar-refractivity contribution in [3.05, 3.63) is 28.1 Å². The second-order valence-corrected chi connectivity index (χ2v) is 3.84. The molecule has 17 heavy (non-hydrogen) atoms. The Bertz CT molecular complexity index is 471. The van der Waals surface area contributed by atoms with E-state index >= 15 is 0 Å². The van der Waals surface area contributed by atoms with Gasteiger partial charge in [-0.05, 0) is 31.8 Å². The maximum absolute atomic E-state index is 10.9. The average Bonchev–Trinajstić information content (AvgIpc) is 2.82. The van der Waals surface area contributed by atoms with Crippen molar-refractivity contribution in [2.24, 2.45) is 0 Å². The summed E-state index contributed by atoms with van der Waals surface area (Å²) in [5.74, 6) is 0.445. The summed E-state index contributed by atoms with van der Waals surface area (Å²) in [6.45, 7) is 2.62. The van der Waals surface area contributed by atoms with E-state index in [1.165, 1.54) is 6.20 Å². The van der Waals surface area contributed by atoms with Gasteiger partial charge in [0, 0.05) is 6.54 Å². The fourth-order valence-corrected chi connectivity index (χ4v) is 1.87.